The Balaban J connectivity index is 1.58. The van der Waals surface area contributed by atoms with E-state index in [1.54, 1.807) is 0 Å². The van der Waals surface area contributed by atoms with Crippen molar-refractivity contribution in [1.82, 2.24) is 9.88 Å². The van der Waals surface area contributed by atoms with Crippen molar-refractivity contribution in [3.05, 3.63) is 77.5 Å². The molecule has 0 spiro atoms. The highest BCUT2D eigenvalue weighted by Gasteiger charge is 2.31. The number of fused-ring (bicyclic) bond motifs is 3. The van der Waals surface area contributed by atoms with Crippen molar-refractivity contribution in [1.29, 1.82) is 0 Å². The Kier molecular flexibility index (Phi) is 5.07. The second-order valence-electron chi connectivity index (χ2n) is 6.96. The molecule has 27 heavy (non-hydrogen) atoms. The van der Waals surface area contributed by atoms with Crippen LogP contribution in [-0.2, 0) is 16.0 Å². The third-order valence-corrected chi connectivity index (χ3v) is 5.27. The average Bonchev–Trinajstić information content (AvgIpc) is 2.98. The van der Waals surface area contributed by atoms with Crippen molar-refractivity contribution in [2.24, 2.45) is 0 Å². The van der Waals surface area contributed by atoms with Gasteiger partial charge in [-0.15, -0.1) is 0 Å². The number of aromatic amines is 1. The van der Waals surface area contributed by atoms with Gasteiger partial charge in [0.1, 0.15) is 5.92 Å². The van der Waals surface area contributed by atoms with Crippen molar-refractivity contribution >= 4 is 22.9 Å². The number of nitrogens with one attached hydrogen (secondary N) is 1. The topological polar surface area (TPSA) is 45.3 Å². The molecular formula is C23H24N2O2. The van der Waals surface area contributed by atoms with E-state index in [2.05, 4.69) is 52.4 Å². The number of carbonyl (C=O) groups excluding carboxylic acids is 1. The van der Waals surface area contributed by atoms with Crippen molar-refractivity contribution in [2.75, 3.05) is 26.7 Å². The molecule has 4 rings (SSSR count). The molecule has 1 aliphatic heterocycles. The van der Waals surface area contributed by atoms with E-state index in [9.17, 15) is 4.79 Å². The van der Waals surface area contributed by atoms with Gasteiger partial charge in [0.2, 0.25) is 0 Å². The number of esters is 1. The number of rotatable bonds is 4. The zero-order valence-electron chi connectivity index (χ0n) is 15.5. The lowest BCUT2D eigenvalue weighted by molar-refractivity contribution is -0.142. The summed E-state index contributed by atoms with van der Waals surface area (Å²) in [6.45, 7) is 2.39. The van der Waals surface area contributed by atoms with E-state index >= 15 is 0 Å². The number of benzene rings is 2. The molecule has 1 aliphatic rings. The number of hydrogen-bond acceptors (Lipinski definition) is 3. The molecule has 1 unspecified atom stereocenters. The molecule has 0 saturated carbocycles. The molecule has 0 radical (unpaired) electrons. The van der Waals surface area contributed by atoms with Gasteiger partial charge in [-0.05, 0) is 23.6 Å². The number of ether oxygens (including phenoxy) is 1. The number of aromatic nitrogens is 1. The molecule has 138 valence electrons. The fraction of sp³-hybridized carbons (Fsp3) is 0.261. The van der Waals surface area contributed by atoms with Crippen LogP contribution in [0.2, 0.25) is 0 Å². The summed E-state index contributed by atoms with van der Waals surface area (Å²) in [4.78, 5) is 18.3. The van der Waals surface area contributed by atoms with Crippen LogP contribution in [0.3, 0.4) is 0 Å². The summed E-state index contributed by atoms with van der Waals surface area (Å²) in [7, 11) is 1.47. The monoisotopic (exact) mass is 360 g/mol. The average molecular weight is 360 g/mol. The Morgan fingerprint density at radius 2 is 1.96 bits per heavy atom. The molecule has 2 heterocycles. The third kappa shape index (κ3) is 3.67. The summed E-state index contributed by atoms with van der Waals surface area (Å²) < 4.78 is 5.12. The normalized spacial score (nSPS) is 17.7. The number of methoxy groups -OCH3 is 1. The summed E-state index contributed by atoms with van der Waals surface area (Å²) in [5.41, 5.74) is 4.54. The van der Waals surface area contributed by atoms with E-state index in [1.807, 2.05) is 24.3 Å². The maximum absolute atomic E-state index is 12.5. The first kappa shape index (κ1) is 17.6. The SMILES string of the molecule is COC(=O)C1CN(C/C=C/c2ccccc2)CCc2c1[nH]c1ccccc21. The Bertz CT molecular complexity index is 959. The molecule has 4 nitrogen and oxygen atoms in total. The second-order valence-corrected chi connectivity index (χ2v) is 6.96. The van der Waals surface area contributed by atoms with E-state index in [-0.39, 0.29) is 11.9 Å². The molecule has 0 fully saturated rings. The van der Waals surface area contributed by atoms with Gasteiger partial charge in [0.05, 0.1) is 7.11 Å². The Hall–Kier alpha value is -2.85. The van der Waals surface area contributed by atoms with Gasteiger partial charge in [-0.3, -0.25) is 9.69 Å². The summed E-state index contributed by atoms with van der Waals surface area (Å²) in [6.07, 6.45) is 5.22. The fourth-order valence-electron chi connectivity index (χ4n) is 3.90. The van der Waals surface area contributed by atoms with Gasteiger partial charge in [-0.2, -0.15) is 0 Å². The Labute approximate surface area is 159 Å². The van der Waals surface area contributed by atoms with Crippen LogP contribution in [0.1, 0.15) is 22.7 Å². The van der Waals surface area contributed by atoms with Gasteiger partial charge in [-0.25, -0.2) is 0 Å². The molecule has 1 aromatic heterocycles. The standard InChI is InChI=1S/C23H24N2O2/c1-27-23(26)20-16-25(14-7-10-17-8-3-2-4-9-17)15-13-19-18-11-5-6-12-21(18)24-22(19)20/h2-12,20,24H,13-16H2,1H3/b10-7+. The molecule has 1 atom stereocenters. The minimum Gasteiger partial charge on any atom is -0.468 e. The number of hydrogen-bond donors (Lipinski definition) is 1. The predicted molar refractivity (Wildman–Crippen MR) is 109 cm³/mol. The summed E-state index contributed by atoms with van der Waals surface area (Å²) in [5.74, 6) is -0.466. The molecule has 1 N–H and O–H groups in total. The molecule has 2 aromatic carbocycles. The minimum atomic E-state index is -0.287. The summed E-state index contributed by atoms with van der Waals surface area (Å²) >= 11 is 0. The maximum Gasteiger partial charge on any atom is 0.315 e. The van der Waals surface area contributed by atoms with Gasteiger partial charge in [-0.1, -0.05) is 60.7 Å². The van der Waals surface area contributed by atoms with Crippen LogP contribution in [0.15, 0.2) is 60.7 Å². The van der Waals surface area contributed by atoms with Crippen molar-refractivity contribution < 1.29 is 9.53 Å². The van der Waals surface area contributed by atoms with E-state index in [4.69, 9.17) is 4.74 Å². The first-order valence-corrected chi connectivity index (χ1v) is 9.37. The summed E-state index contributed by atoms with van der Waals surface area (Å²) in [6, 6.07) is 18.5. The van der Waals surface area contributed by atoms with Crippen LogP contribution < -0.4 is 0 Å². The molecule has 0 saturated heterocycles. The van der Waals surface area contributed by atoms with Crippen molar-refractivity contribution in [2.45, 2.75) is 12.3 Å². The lowest BCUT2D eigenvalue weighted by atomic mass is 10.00. The number of nitrogens with zero attached hydrogens (tertiary/aromatic N) is 1. The van der Waals surface area contributed by atoms with Gasteiger partial charge in [0, 0.05) is 36.2 Å². The zero-order chi connectivity index (χ0) is 18.6. The highest BCUT2D eigenvalue weighted by atomic mass is 16.5. The van der Waals surface area contributed by atoms with Crippen LogP contribution in [-0.4, -0.2) is 42.6 Å². The van der Waals surface area contributed by atoms with E-state index < -0.39 is 0 Å². The smallest absolute Gasteiger partial charge is 0.315 e. The highest BCUT2D eigenvalue weighted by molar-refractivity contribution is 5.88. The first-order valence-electron chi connectivity index (χ1n) is 9.37. The largest absolute Gasteiger partial charge is 0.468 e. The van der Waals surface area contributed by atoms with E-state index in [0.29, 0.717) is 6.54 Å². The molecule has 4 heteroatoms. The molecule has 0 amide bonds. The molecule has 3 aromatic rings. The van der Waals surface area contributed by atoms with Gasteiger partial charge >= 0.3 is 5.97 Å². The van der Waals surface area contributed by atoms with Crippen LogP contribution >= 0.6 is 0 Å². The number of para-hydroxylation sites is 1. The van der Waals surface area contributed by atoms with Crippen molar-refractivity contribution in [3.63, 3.8) is 0 Å². The van der Waals surface area contributed by atoms with E-state index in [0.717, 1.165) is 30.7 Å². The van der Waals surface area contributed by atoms with Crippen LogP contribution in [0.5, 0.6) is 0 Å². The molecule has 0 aliphatic carbocycles. The molecular weight excluding hydrogens is 336 g/mol. The van der Waals surface area contributed by atoms with E-state index in [1.165, 1.54) is 23.6 Å². The Morgan fingerprint density at radius 1 is 1.19 bits per heavy atom. The lowest BCUT2D eigenvalue weighted by Gasteiger charge is -2.21. The number of H-pyrrole nitrogens is 1. The van der Waals surface area contributed by atoms with Crippen LogP contribution in [0, 0.1) is 0 Å². The van der Waals surface area contributed by atoms with Gasteiger partial charge in [0.25, 0.3) is 0 Å². The minimum absolute atomic E-state index is 0.179. The quantitative estimate of drug-likeness (QED) is 0.716. The van der Waals surface area contributed by atoms with Crippen molar-refractivity contribution in [3.8, 4) is 0 Å². The van der Waals surface area contributed by atoms with Gasteiger partial charge < -0.3 is 9.72 Å². The maximum atomic E-state index is 12.5. The van der Waals surface area contributed by atoms with Crippen LogP contribution in [0.25, 0.3) is 17.0 Å². The summed E-state index contributed by atoms with van der Waals surface area (Å²) in [5, 5.41) is 1.21. The molecule has 0 bridgehead atoms. The zero-order valence-corrected chi connectivity index (χ0v) is 15.5. The lowest BCUT2D eigenvalue weighted by Crippen LogP contribution is -2.32. The van der Waals surface area contributed by atoms with Gasteiger partial charge in [0.15, 0.2) is 0 Å². The predicted octanol–water partition coefficient (Wildman–Crippen LogP) is 4.00. The highest BCUT2D eigenvalue weighted by Crippen LogP contribution is 2.32. The Morgan fingerprint density at radius 3 is 2.78 bits per heavy atom. The first-order chi connectivity index (χ1) is 13.3. The second kappa shape index (κ2) is 7.80. The number of carbonyl (C=O) groups is 1. The fourth-order valence-corrected chi connectivity index (χ4v) is 3.90. The van der Waals surface area contributed by atoms with Crippen LogP contribution in [0.4, 0.5) is 0 Å². The third-order valence-electron chi connectivity index (χ3n) is 5.27.